The summed E-state index contributed by atoms with van der Waals surface area (Å²) in [6, 6.07) is 16.6. The van der Waals surface area contributed by atoms with Gasteiger partial charge in [-0.2, -0.15) is 0 Å². The summed E-state index contributed by atoms with van der Waals surface area (Å²) in [6.45, 7) is 0.337. The molecule has 1 amide bonds. The molecular formula is C28H22F2N2O6S. The number of nitrogens with zero attached hydrogens (tertiary/aromatic N) is 1. The van der Waals surface area contributed by atoms with E-state index in [9.17, 15) is 18.4 Å². The number of carboxylic acids is 1. The number of nitrogens with one attached hydrogen (secondary N) is 1. The predicted octanol–water partition coefficient (Wildman–Crippen LogP) is 6.00. The highest BCUT2D eigenvalue weighted by Crippen LogP contribution is 2.39. The van der Waals surface area contributed by atoms with Crippen LogP contribution in [0.2, 0.25) is 0 Å². The number of para-hydroxylation sites is 1. The van der Waals surface area contributed by atoms with Crippen molar-refractivity contribution in [1.29, 1.82) is 0 Å². The molecule has 11 heteroatoms. The predicted molar refractivity (Wildman–Crippen MR) is 142 cm³/mol. The van der Waals surface area contributed by atoms with E-state index in [-0.39, 0.29) is 10.7 Å². The van der Waals surface area contributed by atoms with Crippen LogP contribution in [0.4, 0.5) is 13.9 Å². The molecule has 0 unspecified atom stereocenters. The van der Waals surface area contributed by atoms with Gasteiger partial charge in [0.05, 0.1) is 19.9 Å². The van der Waals surface area contributed by atoms with Crippen molar-refractivity contribution >= 4 is 34.4 Å². The van der Waals surface area contributed by atoms with Crippen molar-refractivity contribution in [2.75, 3.05) is 19.5 Å². The third-order valence-electron chi connectivity index (χ3n) is 5.47. The van der Waals surface area contributed by atoms with Gasteiger partial charge in [-0.1, -0.05) is 36.4 Å². The molecule has 4 rings (SSSR count). The number of thiazole rings is 1. The number of halogens is 2. The van der Waals surface area contributed by atoms with Crippen molar-refractivity contribution in [2.45, 2.75) is 6.61 Å². The largest absolute Gasteiger partial charge is 0.492 e. The Labute approximate surface area is 226 Å². The monoisotopic (exact) mass is 552 g/mol. The maximum atomic E-state index is 14.5. The number of rotatable bonds is 10. The Morgan fingerprint density at radius 2 is 1.77 bits per heavy atom. The fourth-order valence-corrected chi connectivity index (χ4v) is 4.30. The number of hydrogen-bond donors (Lipinski definition) is 2. The molecule has 2 N–H and O–H groups in total. The molecule has 39 heavy (non-hydrogen) atoms. The molecule has 0 saturated carbocycles. The molecule has 1 aromatic heterocycles. The SMILES string of the molecule is CO/C(=C\c1c(F)cc(C(=O)Nc2nc(-c3cccc(OCc4ccccc4)c3OC)cs2)cc1F)C(=O)O. The second-order valence-electron chi connectivity index (χ2n) is 7.97. The van der Waals surface area contributed by atoms with E-state index in [4.69, 9.17) is 14.6 Å². The number of anilines is 1. The van der Waals surface area contributed by atoms with Gasteiger partial charge in [0.1, 0.15) is 18.2 Å². The Morgan fingerprint density at radius 1 is 1.05 bits per heavy atom. The number of aromatic nitrogens is 1. The van der Waals surface area contributed by atoms with Gasteiger partial charge in [-0.05, 0) is 29.8 Å². The lowest BCUT2D eigenvalue weighted by Crippen LogP contribution is -2.13. The first-order valence-corrected chi connectivity index (χ1v) is 12.3. The molecule has 0 aliphatic rings. The fourth-order valence-electron chi connectivity index (χ4n) is 3.59. The summed E-state index contributed by atoms with van der Waals surface area (Å²) in [7, 11) is 2.57. The van der Waals surface area contributed by atoms with E-state index >= 15 is 0 Å². The third-order valence-corrected chi connectivity index (χ3v) is 6.23. The first-order valence-electron chi connectivity index (χ1n) is 11.4. The van der Waals surface area contributed by atoms with Crippen LogP contribution in [-0.2, 0) is 16.1 Å². The van der Waals surface area contributed by atoms with E-state index in [0.717, 1.165) is 36.1 Å². The number of amides is 1. The van der Waals surface area contributed by atoms with Crippen molar-refractivity contribution in [2.24, 2.45) is 0 Å². The zero-order valence-corrected chi connectivity index (χ0v) is 21.6. The number of carboxylic acid groups (broad SMARTS) is 1. The van der Waals surface area contributed by atoms with E-state index in [1.54, 1.807) is 23.6 Å². The molecular weight excluding hydrogens is 530 g/mol. The smallest absolute Gasteiger partial charge is 0.371 e. The van der Waals surface area contributed by atoms with E-state index in [0.29, 0.717) is 35.4 Å². The molecule has 8 nitrogen and oxygen atoms in total. The molecule has 200 valence electrons. The number of carbonyl (C=O) groups is 2. The molecule has 4 aromatic rings. The minimum Gasteiger partial charge on any atom is -0.492 e. The summed E-state index contributed by atoms with van der Waals surface area (Å²) in [5.74, 6) is -4.26. The topological polar surface area (TPSA) is 107 Å². The summed E-state index contributed by atoms with van der Waals surface area (Å²) < 4.78 is 45.2. The molecule has 0 aliphatic heterocycles. The van der Waals surface area contributed by atoms with Crippen LogP contribution in [0, 0.1) is 11.6 Å². The number of hydrogen-bond acceptors (Lipinski definition) is 7. The van der Waals surface area contributed by atoms with E-state index in [1.807, 2.05) is 30.3 Å². The Morgan fingerprint density at radius 3 is 2.41 bits per heavy atom. The first-order chi connectivity index (χ1) is 18.8. The van der Waals surface area contributed by atoms with Gasteiger partial charge in [0, 0.05) is 28.1 Å². The number of carbonyl (C=O) groups excluding carboxylic acids is 1. The second kappa shape index (κ2) is 12.2. The lowest BCUT2D eigenvalue weighted by molar-refractivity contribution is -0.135. The average molecular weight is 553 g/mol. The van der Waals surface area contributed by atoms with Gasteiger partial charge in [0.25, 0.3) is 5.91 Å². The number of benzene rings is 3. The zero-order chi connectivity index (χ0) is 27.9. The van der Waals surface area contributed by atoms with Crippen LogP contribution >= 0.6 is 11.3 Å². The fraction of sp³-hybridized carbons (Fsp3) is 0.107. The van der Waals surface area contributed by atoms with E-state index in [2.05, 4.69) is 15.0 Å². The normalized spacial score (nSPS) is 11.1. The lowest BCUT2D eigenvalue weighted by atomic mass is 10.1. The molecule has 0 fully saturated rings. The van der Waals surface area contributed by atoms with Gasteiger partial charge < -0.3 is 19.3 Å². The first kappa shape index (κ1) is 27.3. The molecule has 0 atom stereocenters. The summed E-state index contributed by atoms with van der Waals surface area (Å²) in [5, 5.41) is 13.4. The van der Waals surface area contributed by atoms with Crippen molar-refractivity contribution in [3.05, 3.63) is 100 Å². The Kier molecular flexibility index (Phi) is 8.52. The Bertz CT molecular complexity index is 1520. The highest BCUT2D eigenvalue weighted by molar-refractivity contribution is 7.14. The van der Waals surface area contributed by atoms with Crippen molar-refractivity contribution in [3.8, 4) is 22.8 Å². The number of aliphatic carboxylic acids is 1. The van der Waals surface area contributed by atoms with E-state index in [1.165, 1.54) is 7.11 Å². The van der Waals surface area contributed by atoms with Gasteiger partial charge >= 0.3 is 5.97 Å². The summed E-state index contributed by atoms with van der Waals surface area (Å²) in [4.78, 5) is 28.2. The van der Waals surface area contributed by atoms with Crippen LogP contribution < -0.4 is 14.8 Å². The van der Waals surface area contributed by atoms with Crippen molar-refractivity contribution in [3.63, 3.8) is 0 Å². The quantitative estimate of drug-likeness (QED) is 0.184. The number of ether oxygens (including phenoxy) is 3. The van der Waals surface area contributed by atoms with Crippen LogP contribution in [0.5, 0.6) is 11.5 Å². The molecule has 0 bridgehead atoms. The Balaban J connectivity index is 1.52. The highest BCUT2D eigenvalue weighted by Gasteiger charge is 2.19. The maximum absolute atomic E-state index is 14.5. The minimum atomic E-state index is -1.50. The zero-order valence-electron chi connectivity index (χ0n) is 20.7. The van der Waals surface area contributed by atoms with Gasteiger partial charge in [-0.15, -0.1) is 11.3 Å². The summed E-state index contributed by atoms with van der Waals surface area (Å²) in [5.41, 5.74) is 1.14. The molecule has 0 spiro atoms. The molecule has 1 heterocycles. The third kappa shape index (κ3) is 6.39. The molecule has 3 aromatic carbocycles. The summed E-state index contributed by atoms with van der Waals surface area (Å²) in [6.07, 6.45) is 0.701. The minimum absolute atomic E-state index is 0.185. The maximum Gasteiger partial charge on any atom is 0.371 e. The summed E-state index contributed by atoms with van der Waals surface area (Å²) >= 11 is 1.11. The van der Waals surface area contributed by atoms with Gasteiger partial charge in [-0.25, -0.2) is 18.6 Å². The van der Waals surface area contributed by atoms with Crippen LogP contribution in [0.1, 0.15) is 21.5 Å². The van der Waals surface area contributed by atoms with Crippen LogP contribution in [0.15, 0.2) is 71.8 Å². The highest BCUT2D eigenvalue weighted by atomic mass is 32.1. The van der Waals surface area contributed by atoms with Gasteiger partial charge in [0.15, 0.2) is 16.6 Å². The standard InChI is InChI=1S/C28H22F2N2O6S/c1-36-24(27(34)35)13-19-20(29)11-17(12-21(19)30)26(33)32-28-31-22(15-39-28)18-9-6-10-23(25(18)37-2)38-14-16-7-4-3-5-8-16/h3-13,15H,14H2,1-2H3,(H,34,35)(H,31,32,33)/b24-13-. The van der Waals surface area contributed by atoms with Gasteiger partial charge in [0.2, 0.25) is 5.76 Å². The van der Waals surface area contributed by atoms with Crippen molar-refractivity contribution in [1.82, 2.24) is 4.98 Å². The van der Waals surface area contributed by atoms with Crippen LogP contribution in [-0.4, -0.2) is 36.2 Å². The second-order valence-corrected chi connectivity index (χ2v) is 8.83. The molecule has 0 saturated heterocycles. The molecule has 0 radical (unpaired) electrons. The number of methoxy groups -OCH3 is 2. The lowest BCUT2D eigenvalue weighted by Gasteiger charge is -2.13. The molecule has 0 aliphatic carbocycles. The van der Waals surface area contributed by atoms with E-state index < -0.39 is 34.8 Å². The van der Waals surface area contributed by atoms with Crippen LogP contribution in [0.25, 0.3) is 17.3 Å². The average Bonchev–Trinajstić information content (AvgIpc) is 3.39. The van der Waals surface area contributed by atoms with Crippen LogP contribution in [0.3, 0.4) is 0 Å². The van der Waals surface area contributed by atoms with Crippen molar-refractivity contribution < 1.29 is 37.7 Å². The Hall–Kier alpha value is -4.77. The van der Waals surface area contributed by atoms with Gasteiger partial charge in [-0.3, -0.25) is 10.1 Å².